The summed E-state index contributed by atoms with van der Waals surface area (Å²) >= 11 is 3.02. The zero-order valence-electron chi connectivity index (χ0n) is 15.0. The van der Waals surface area contributed by atoms with Gasteiger partial charge in [0.15, 0.2) is 0 Å². The number of rotatable bonds is 3. The van der Waals surface area contributed by atoms with Crippen LogP contribution < -0.4 is 5.32 Å². The molecular formula is C22H15N3OS2. The minimum Gasteiger partial charge on any atom is -0.321 e. The fourth-order valence-corrected chi connectivity index (χ4v) is 4.23. The highest BCUT2D eigenvalue weighted by Gasteiger charge is 2.16. The normalized spacial score (nSPS) is 10.2. The van der Waals surface area contributed by atoms with Crippen molar-refractivity contribution in [2.75, 3.05) is 5.32 Å². The summed E-state index contributed by atoms with van der Waals surface area (Å²) in [6.07, 6.45) is 1.71. The lowest BCUT2D eigenvalue weighted by molar-refractivity contribution is 0.103. The topological polar surface area (TPSA) is 54.9 Å². The van der Waals surface area contributed by atoms with Gasteiger partial charge in [-0.3, -0.25) is 4.79 Å². The summed E-state index contributed by atoms with van der Waals surface area (Å²) in [6, 6.07) is 15.1. The van der Waals surface area contributed by atoms with E-state index in [4.69, 9.17) is 0 Å². The number of aryl methyl sites for hydroxylation is 1. The third-order valence-corrected chi connectivity index (χ3v) is 5.78. The smallest absolute Gasteiger partial charge is 0.267 e. The Balaban J connectivity index is 1.52. The van der Waals surface area contributed by atoms with E-state index < -0.39 is 0 Å². The lowest BCUT2D eigenvalue weighted by Gasteiger charge is -2.04. The Kier molecular flexibility index (Phi) is 5.29. The Bertz CT molecular complexity index is 1170. The van der Waals surface area contributed by atoms with Gasteiger partial charge in [0, 0.05) is 28.4 Å². The number of aromatic nitrogens is 2. The van der Waals surface area contributed by atoms with E-state index in [1.165, 1.54) is 11.3 Å². The van der Waals surface area contributed by atoms with Gasteiger partial charge in [-0.05, 0) is 54.6 Å². The number of thiophene rings is 1. The van der Waals surface area contributed by atoms with Crippen molar-refractivity contribution in [1.82, 2.24) is 9.97 Å². The van der Waals surface area contributed by atoms with Crippen LogP contribution in [0.4, 0.5) is 5.69 Å². The van der Waals surface area contributed by atoms with Crippen LogP contribution in [0.2, 0.25) is 0 Å². The van der Waals surface area contributed by atoms with E-state index >= 15 is 0 Å². The van der Waals surface area contributed by atoms with Crippen LogP contribution >= 0.6 is 22.7 Å². The summed E-state index contributed by atoms with van der Waals surface area (Å²) in [4.78, 5) is 22.1. The number of anilines is 1. The largest absolute Gasteiger partial charge is 0.321 e. The third kappa shape index (κ3) is 4.17. The molecule has 6 heteroatoms. The Labute approximate surface area is 170 Å². The maximum Gasteiger partial charge on any atom is 0.267 e. The summed E-state index contributed by atoms with van der Waals surface area (Å²) in [6.45, 7) is 1.86. The Morgan fingerprint density at radius 2 is 2.04 bits per heavy atom. The molecule has 0 saturated carbocycles. The van der Waals surface area contributed by atoms with Crippen LogP contribution in [0.25, 0.3) is 10.6 Å². The maximum absolute atomic E-state index is 12.7. The molecule has 0 aliphatic heterocycles. The lowest BCUT2D eigenvalue weighted by Crippen LogP contribution is -2.11. The molecule has 0 aliphatic rings. The first-order valence-corrected chi connectivity index (χ1v) is 10.3. The zero-order valence-corrected chi connectivity index (χ0v) is 16.6. The van der Waals surface area contributed by atoms with Crippen LogP contribution in [-0.2, 0) is 0 Å². The highest BCUT2D eigenvalue weighted by Crippen LogP contribution is 2.29. The molecule has 1 N–H and O–H groups in total. The molecule has 0 unspecified atom stereocenters. The van der Waals surface area contributed by atoms with Crippen LogP contribution in [0, 0.1) is 18.8 Å². The number of nitrogens with zero attached hydrogens (tertiary/aromatic N) is 2. The third-order valence-electron chi connectivity index (χ3n) is 3.89. The summed E-state index contributed by atoms with van der Waals surface area (Å²) in [7, 11) is 0. The fourth-order valence-electron chi connectivity index (χ4n) is 2.55. The second-order valence-electron chi connectivity index (χ2n) is 5.95. The molecule has 28 heavy (non-hydrogen) atoms. The molecule has 1 amide bonds. The Morgan fingerprint density at radius 3 is 2.82 bits per heavy atom. The van der Waals surface area contributed by atoms with Gasteiger partial charge in [0.1, 0.15) is 15.6 Å². The van der Waals surface area contributed by atoms with Crippen molar-refractivity contribution in [2.45, 2.75) is 6.92 Å². The van der Waals surface area contributed by atoms with E-state index in [0.29, 0.717) is 16.3 Å². The van der Waals surface area contributed by atoms with E-state index in [1.54, 1.807) is 17.5 Å². The van der Waals surface area contributed by atoms with Crippen molar-refractivity contribution >= 4 is 34.3 Å². The van der Waals surface area contributed by atoms with Gasteiger partial charge >= 0.3 is 0 Å². The molecule has 136 valence electrons. The summed E-state index contributed by atoms with van der Waals surface area (Å²) in [5.74, 6) is 5.94. The Morgan fingerprint density at radius 1 is 1.11 bits per heavy atom. The molecule has 0 aliphatic carbocycles. The van der Waals surface area contributed by atoms with E-state index in [1.807, 2.05) is 66.2 Å². The van der Waals surface area contributed by atoms with Crippen LogP contribution in [0.5, 0.6) is 0 Å². The predicted octanol–water partition coefficient (Wildman–Crippen LogP) is 5.23. The first-order valence-electron chi connectivity index (χ1n) is 8.53. The molecule has 4 aromatic rings. The number of carbonyl (C=O) groups is 1. The summed E-state index contributed by atoms with van der Waals surface area (Å²) in [5.41, 5.74) is 3.99. The number of pyridine rings is 1. The van der Waals surface area contributed by atoms with Gasteiger partial charge in [-0.2, -0.15) is 11.3 Å². The van der Waals surface area contributed by atoms with Gasteiger partial charge in [0.25, 0.3) is 5.91 Å². The molecular weight excluding hydrogens is 386 g/mol. The number of hydrogen-bond acceptors (Lipinski definition) is 5. The number of benzene rings is 1. The molecule has 0 bridgehead atoms. The van der Waals surface area contributed by atoms with Crippen molar-refractivity contribution < 1.29 is 4.79 Å². The molecule has 0 radical (unpaired) electrons. The van der Waals surface area contributed by atoms with E-state index in [0.717, 1.165) is 21.8 Å². The minimum atomic E-state index is -0.161. The molecule has 3 aromatic heterocycles. The van der Waals surface area contributed by atoms with Gasteiger partial charge in [-0.15, -0.1) is 11.3 Å². The summed E-state index contributed by atoms with van der Waals surface area (Å²) < 4.78 is 0. The molecule has 0 atom stereocenters. The lowest BCUT2D eigenvalue weighted by atomic mass is 10.2. The second kappa shape index (κ2) is 8.17. The maximum atomic E-state index is 12.7. The summed E-state index contributed by atoms with van der Waals surface area (Å²) in [5, 5.41) is 7.84. The highest BCUT2D eigenvalue weighted by atomic mass is 32.1. The number of nitrogens with one attached hydrogen (secondary N) is 1. The van der Waals surface area contributed by atoms with E-state index in [-0.39, 0.29) is 5.91 Å². The molecule has 4 rings (SSSR count). The van der Waals surface area contributed by atoms with Crippen molar-refractivity contribution in [3.05, 3.63) is 87.3 Å². The SMILES string of the molecule is Cc1nc(-c2ccsc2)sc1C(=O)Nc1cccc(C#Cc2ccccn2)c1. The number of thiazole rings is 1. The fraction of sp³-hybridized carbons (Fsp3) is 0.0455. The van der Waals surface area contributed by atoms with Gasteiger partial charge in [0.05, 0.1) is 5.69 Å². The van der Waals surface area contributed by atoms with Crippen molar-refractivity contribution in [3.63, 3.8) is 0 Å². The quantitative estimate of drug-likeness (QED) is 0.479. The van der Waals surface area contributed by atoms with Crippen LogP contribution in [0.15, 0.2) is 65.5 Å². The molecule has 4 nitrogen and oxygen atoms in total. The first kappa shape index (κ1) is 18.1. The number of carbonyl (C=O) groups excluding carboxylic acids is 1. The molecule has 0 fully saturated rings. The van der Waals surface area contributed by atoms with Crippen LogP contribution in [0.1, 0.15) is 26.6 Å². The standard InChI is InChI=1S/C22H15N3OS2/c1-15-20(28-22(24-15)17-10-12-27-14-17)21(26)25-19-7-4-5-16(13-19)8-9-18-6-2-3-11-23-18/h2-7,10-14H,1H3,(H,25,26). The van der Waals surface area contributed by atoms with Gasteiger partial charge in [0.2, 0.25) is 0 Å². The molecule has 0 spiro atoms. The van der Waals surface area contributed by atoms with Crippen molar-refractivity contribution in [3.8, 4) is 22.4 Å². The first-order chi connectivity index (χ1) is 13.7. The average molecular weight is 402 g/mol. The minimum absolute atomic E-state index is 0.161. The van der Waals surface area contributed by atoms with E-state index in [9.17, 15) is 4.79 Å². The zero-order chi connectivity index (χ0) is 19.3. The van der Waals surface area contributed by atoms with Crippen LogP contribution in [0.3, 0.4) is 0 Å². The average Bonchev–Trinajstić information content (AvgIpc) is 3.37. The van der Waals surface area contributed by atoms with E-state index in [2.05, 4.69) is 27.1 Å². The monoisotopic (exact) mass is 401 g/mol. The number of amides is 1. The Hall–Kier alpha value is -3.27. The van der Waals surface area contributed by atoms with Gasteiger partial charge in [-0.25, -0.2) is 9.97 Å². The van der Waals surface area contributed by atoms with Crippen LogP contribution in [-0.4, -0.2) is 15.9 Å². The second-order valence-corrected chi connectivity index (χ2v) is 7.72. The van der Waals surface area contributed by atoms with Gasteiger partial charge in [-0.1, -0.05) is 18.1 Å². The van der Waals surface area contributed by atoms with Crippen molar-refractivity contribution in [2.24, 2.45) is 0 Å². The van der Waals surface area contributed by atoms with Gasteiger partial charge < -0.3 is 5.32 Å². The van der Waals surface area contributed by atoms with Crippen molar-refractivity contribution in [1.29, 1.82) is 0 Å². The highest BCUT2D eigenvalue weighted by molar-refractivity contribution is 7.17. The predicted molar refractivity (Wildman–Crippen MR) is 115 cm³/mol. The molecule has 3 heterocycles. The molecule has 1 aromatic carbocycles. The number of hydrogen-bond donors (Lipinski definition) is 1. The molecule has 0 saturated heterocycles.